The lowest BCUT2D eigenvalue weighted by Gasteiger charge is -2.35. The summed E-state index contributed by atoms with van der Waals surface area (Å²) in [5, 5.41) is 2.61. The van der Waals surface area contributed by atoms with Crippen molar-refractivity contribution in [1.82, 2.24) is 19.9 Å². The molecule has 192 valence electrons. The van der Waals surface area contributed by atoms with Crippen molar-refractivity contribution in [3.8, 4) is 6.01 Å². The van der Waals surface area contributed by atoms with Crippen LogP contribution in [-0.4, -0.2) is 78.1 Å². The first-order valence-electron chi connectivity index (χ1n) is 11.0. The Morgan fingerprint density at radius 2 is 1.80 bits per heavy atom. The lowest BCUT2D eigenvalue weighted by atomic mass is 10.2. The summed E-state index contributed by atoms with van der Waals surface area (Å²) >= 11 is 0. The third-order valence-corrected chi connectivity index (χ3v) is 5.56. The first-order valence-corrected chi connectivity index (χ1v) is 11.0. The van der Waals surface area contributed by atoms with Crippen LogP contribution in [0, 0.1) is 0 Å². The van der Waals surface area contributed by atoms with Crippen molar-refractivity contribution in [2.45, 2.75) is 31.3 Å². The molecular weight excluding hydrogens is 482 g/mol. The highest BCUT2D eigenvalue weighted by atomic mass is 19.4. The highest BCUT2D eigenvalue weighted by molar-refractivity contribution is 5.56. The molecule has 2 aromatic rings. The number of aromatic nitrogens is 3. The number of rotatable bonds is 7. The van der Waals surface area contributed by atoms with Crippen LogP contribution in [0.5, 0.6) is 6.01 Å². The minimum atomic E-state index is -4.62. The summed E-state index contributed by atoms with van der Waals surface area (Å²) in [6.07, 6.45) is -6.93. The van der Waals surface area contributed by atoms with Crippen LogP contribution in [-0.2, 0) is 10.9 Å². The first-order chi connectivity index (χ1) is 16.5. The lowest BCUT2D eigenvalue weighted by Crippen LogP contribution is -2.49. The predicted octanol–water partition coefficient (Wildman–Crippen LogP) is 3.88. The van der Waals surface area contributed by atoms with Gasteiger partial charge in [-0.25, -0.2) is 0 Å². The van der Waals surface area contributed by atoms with E-state index in [1.54, 1.807) is 4.90 Å². The fraction of sp³-hybridized carbons (Fsp3) is 0.571. The summed E-state index contributed by atoms with van der Waals surface area (Å²) in [6.45, 7) is 2.28. The minimum absolute atomic E-state index is 0.0140. The fourth-order valence-corrected chi connectivity index (χ4v) is 3.86. The highest BCUT2D eigenvalue weighted by Crippen LogP contribution is 2.31. The molecular formula is C21H24F6N6O2. The predicted molar refractivity (Wildman–Crippen MR) is 114 cm³/mol. The molecule has 3 heterocycles. The molecule has 1 aromatic heterocycles. The van der Waals surface area contributed by atoms with Crippen molar-refractivity contribution in [2.75, 3.05) is 56.2 Å². The maximum Gasteiger partial charge on any atom is 0.422 e. The topological polar surface area (TPSA) is 75.6 Å². The standard InChI is InChI=1S/C21H24F6N6O2/c22-20(23,24)13-35-19-30-17(28-15-4-1-3-14(11-15)21(25,26)27)29-18(31-19)33-8-6-32(7-9-33)12-16-5-2-10-34-16/h1,3-4,11,16H,2,5-10,12-13H2,(H,28,29,30,31). The van der Waals surface area contributed by atoms with Crippen LogP contribution in [0.1, 0.15) is 18.4 Å². The summed E-state index contributed by atoms with van der Waals surface area (Å²) < 4.78 is 87.5. The molecule has 2 aliphatic rings. The largest absolute Gasteiger partial charge is 0.454 e. The molecule has 2 aliphatic heterocycles. The van der Waals surface area contributed by atoms with Crippen molar-refractivity contribution in [1.29, 1.82) is 0 Å². The molecule has 0 aliphatic carbocycles. The van der Waals surface area contributed by atoms with Gasteiger partial charge in [-0.1, -0.05) is 6.07 Å². The second kappa shape index (κ2) is 10.4. The molecule has 0 bridgehead atoms. The number of benzene rings is 1. The van der Waals surface area contributed by atoms with Gasteiger partial charge in [-0.2, -0.15) is 41.3 Å². The summed E-state index contributed by atoms with van der Waals surface area (Å²) in [7, 11) is 0. The molecule has 1 unspecified atom stereocenters. The normalized spacial score (nSPS) is 19.7. The monoisotopic (exact) mass is 506 g/mol. The molecule has 0 saturated carbocycles. The summed E-state index contributed by atoms with van der Waals surface area (Å²) in [4.78, 5) is 16.0. The van der Waals surface area contributed by atoms with Gasteiger partial charge in [0.25, 0.3) is 0 Å². The molecule has 1 N–H and O–H groups in total. The number of nitrogens with one attached hydrogen (secondary N) is 1. The van der Waals surface area contributed by atoms with Crippen molar-refractivity contribution >= 4 is 17.6 Å². The Kier molecular flexibility index (Phi) is 7.50. The molecule has 14 heteroatoms. The number of hydrogen-bond acceptors (Lipinski definition) is 8. The van der Waals surface area contributed by atoms with Crippen LogP contribution in [0.15, 0.2) is 24.3 Å². The molecule has 0 radical (unpaired) electrons. The molecule has 1 atom stereocenters. The molecule has 2 fully saturated rings. The van der Waals surface area contributed by atoms with Crippen molar-refractivity contribution in [2.24, 2.45) is 0 Å². The van der Waals surface area contributed by atoms with Crippen LogP contribution in [0.4, 0.5) is 43.9 Å². The lowest BCUT2D eigenvalue weighted by molar-refractivity contribution is -0.154. The number of anilines is 3. The maximum atomic E-state index is 13.0. The Morgan fingerprint density at radius 3 is 2.46 bits per heavy atom. The van der Waals surface area contributed by atoms with Gasteiger partial charge in [-0.05, 0) is 31.0 Å². The zero-order valence-electron chi connectivity index (χ0n) is 18.6. The average Bonchev–Trinajstić information content (AvgIpc) is 3.30. The van der Waals surface area contributed by atoms with E-state index >= 15 is 0 Å². The number of piperazine rings is 1. The molecule has 8 nitrogen and oxygen atoms in total. The van der Waals surface area contributed by atoms with E-state index < -0.39 is 30.5 Å². The molecule has 0 spiro atoms. The average molecular weight is 506 g/mol. The Morgan fingerprint density at radius 1 is 1.03 bits per heavy atom. The van der Waals surface area contributed by atoms with Gasteiger partial charge in [0.1, 0.15) is 0 Å². The summed E-state index contributed by atoms with van der Waals surface area (Å²) in [5.41, 5.74) is -0.882. The zero-order chi connectivity index (χ0) is 25.1. The van der Waals surface area contributed by atoms with Crippen molar-refractivity contribution < 1.29 is 35.8 Å². The number of alkyl halides is 6. The van der Waals surface area contributed by atoms with Gasteiger partial charge in [0.2, 0.25) is 11.9 Å². The van der Waals surface area contributed by atoms with Crippen LogP contribution in [0.3, 0.4) is 0 Å². The van der Waals surface area contributed by atoms with Crippen LogP contribution < -0.4 is 15.0 Å². The third kappa shape index (κ3) is 7.31. The molecule has 1 aromatic carbocycles. The number of hydrogen-bond donors (Lipinski definition) is 1. The number of halogens is 6. The van der Waals surface area contributed by atoms with Gasteiger partial charge in [0.15, 0.2) is 6.61 Å². The van der Waals surface area contributed by atoms with Gasteiger partial charge in [0.05, 0.1) is 11.7 Å². The molecule has 35 heavy (non-hydrogen) atoms. The third-order valence-electron chi connectivity index (χ3n) is 5.56. The SMILES string of the molecule is FC(F)(F)COc1nc(Nc2cccc(C(F)(F)F)c2)nc(N2CCN(CC3CCCO3)CC2)n1. The summed E-state index contributed by atoms with van der Waals surface area (Å²) in [5.74, 6) is -0.156. The number of ether oxygens (including phenoxy) is 2. The fourth-order valence-electron chi connectivity index (χ4n) is 3.86. The van der Waals surface area contributed by atoms with E-state index in [0.29, 0.717) is 26.2 Å². The minimum Gasteiger partial charge on any atom is -0.454 e. The van der Waals surface area contributed by atoms with Crippen LogP contribution in [0.25, 0.3) is 0 Å². The van der Waals surface area contributed by atoms with E-state index in [4.69, 9.17) is 9.47 Å². The maximum absolute atomic E-state index is 13.0. The van der Waals surface area contributed by atoms with Gasteiger partial charge in [-0.3, -0.25) is 4.90 Å². The molecule has 4 rings (SSSR count). The van der Waals surface area contributed by atoms with Gasteiger partial charge < -0.3 is 19.7 Å². The zero-order valence-corrected chi connectivity index (χ0v) is 18.6. The van der Waals surface area contributed by atoms with E-state index in [0.717, 1.165) is 38.1 Å². The summed E-state index contributed by atoms with van der Waals surface area (Å²) in [6, 6.07) is 3.73. The van der Waals surface area contributed by atoms with E-state index in [2.05, 4.69) is 25.2 Å². The van der Waals surface area contributed by atoms with E-state index in [-0.39, 0.29) is 23.7 Å². The van der Waals surface area contributed by atoms with E-state index in [1.165, 1.54) is 12.1 Å². The Bertz CT molecular complexity index is 991. The second-order valence-electron chi connectivity index (χ2n) is 8.27. The van der Waals surface area contributed by atoms with Gasteiger partial charge >= 0.3 is 18.4 Å². The smallest absolute Gasteiger partial charge is 0.422 e. The Balaban J connectivity index is 1.50. The Labute approximate surface area is 197 Å². The molecule has 0 amide bonds. The first kappa shape index (κ1) is 25.2. The van der Waals surface area contributed by atoms with E-state index in [1.807, 2.05) is 0 Å². The van der Waals surface area contributed by atoms with Crippen LogP contribution in [0.2, 0.25) is 0 Å². The van der Waals surface area contributed by atoms with Crippen molar-refractivity contribution in [3.05, 3.63) is 29.8 Å². The van der Waals surface area contributed by atoms with Crippen LogP contribution >= 0.6 is 0 Å². The van der Waals surface area contributed by atoms with Crippen molar-refractivity contribution in [3.63, 3.8) is 0 Å². The van der Waals surface area contributed by atoms with Gasteiger partial charge in [0, 0.05) is 45.0 Å². The Hall–Kier alpha value is -2.87. The van der Waals surface area contributed by atoms with Gasteiger partial charge in [-0.15, -0.1) is 0 Å². The quantitative estimate of drug-likeness (QED) is 0.568. The van der Waals surface area contributed by atoms with E-state index in [9.17, 15) is 26.3 Å². The molecule has 2 saturated heterocycles. The number of nitrogens with zero attached hydrogens (tertiary/aromatic N) is 5. The second-order valence-corrected chi connectivity index (χ2v) is 8.27. The highest BCUT2D eigenvalue weighted by Gasteiger charge is 2.31.